The van der Waals surface area contributed by atoms with Gasteiger partial charge in [-0.15, -0.1) is 0 Å². The number of rotatable bonds is 5. The molecule has 1 aromatic heterocycles. The molecule has 1 heterocycles. The van der Waals surface area contributed by atoms with E-state index in [-0.39, 0.29) is 16.0 Å². The molecule has 0 saturated heterocycles. The van der Waals surface area contributed by atoms with Gasteiger partial charge in [0.05, 0.1) is 11.8 Å². The zero-order valence-corrected chi connectivity index (χ0v) is 12.0. The first-order valence-corrected chi connectivity index (χ1v) is 7.43. The van der Waals surface area contributed by atoms with Crippen LogP contribution in [0.1, 0.15) is 15.9 Å². The van der Waals surface area contributed by atoms with Crippen molar-refractivity contribution >= 4 is 28.1 Å². The maximum absolute atomic E-state index is 11.2. The zero-order chi connectivity index (χ0) is 16.2. The average molecular weight is 320 g/mol. The number of nitrogens with one attached hydrogen (secondary N) is 1. The topological polar surface area (TPSA) is 135 Å². The van der Waals surface area contributed by atoms with Gasteiger partial charge in [-0.3, -0.25) is 14.8 Å². The molecule has 0 aliphatic heterocycles. The van der Waals surface area contributed by atoms with Gasteiger partial charge in [0.15, 0.2) is 0 Å². The van der Waals surface area contributed by atoms with E-state index >= 15 is 0 Å². The summed E-state index contributed by atoms with van der Waals surface area (Å²) in [6, 6.07) is 8.80. The largest absolute Gasteiger partial charge is 0.366 e. The standard InChI is InChI=1S/C13H12N4O4S/c14-13(18)10-5-6-12(15-7-10)17-16-8-9-3-1-2-4-11(9)22(19,20)21/h1-8H,(H2,14,18)(H,15,17)(H,19,20,21). The first kappa shape index (κ1) is 15.6. The number of nitrogens with two attached hydrogens (primary N) is 1. The second kappa shape index (κ2) is 6.33. The Morgan fingerprint density at radius 2 is 2.00 bits per heavy atom. The molecule has 2 aromatic rings. The van der Waals surface area contributed by atoms with Crippen LogP contribution in [0.2, 0.25) is 0 Å². The van der Waals surface area contributed by atoms with Crippen molar-refractivity contribution in [1.29, 1.82) is 0 Å². The average Bonchev–Trinajstić information content (AvgIpc) is 2.47. The molecular formula is C13H12N4O4S. The van der Waals surface area contributed by atoms with Crippen molar-refractivity contribution in [2.45, 2.75) is 4.90 Å². The molecule has 1 amide bonds. The number of hydrogen-bond acceptors (Lipinski definition) is 6. The number of hydrogen-bond donors (Lipinski definition) is 3. The fourth-order valence-electron chi connectivity index (χ4n) is 1.60. The monoisotopic (exact) mass is 320 g/mol. The van der Waals surface area contributed by atoms with E-state index in [1.54, 1.807) is 6.07 Å². The predicted octanol–water partition coefficient (Wildman–Crippen LogP) is 0.873. The molecule has 0 spiro atoms. The number of carbonyl (C=O) groups excluding carboxylic acids is 1. The van der Waals surface area contributed by atoms with Gasteiger partial charge in [-0.2, -0.15) is 13.5 Å². The summed E-state index contributed by atoms with van der Waals surface area (Å²) in [5.41, 5.74) is 8.13. The highest BCUT2D eigenvalue weighted by molar-refractivity contribution is 7.86. The number of pyridine rings is 1. The molecule has 0 atom stereocenters. The molecule has 9 heteroatoms. The van der Waals surface area contributed by atoms with Crippen LogP contribution in [0.4, 0.5) is 5.82 Å². The van der Waals surface area contributed by atoms with Crippen molar-refractivity contribution in [2.24, 2.45) is 10.8 Å². The van der Waals surface area contributed by atoms with Crippen LogP contribution in [0.25, 0.3) is 0 Å². The fourth-order valence-corrected chi connectivity index (χ4v) is 2.26. The Morgan fingerprint density at radius 1 is 1.27 bits per heavy atom. The summed E-state index contributed by atoms with van der Waals surface area (Å²) in [4.78, 5) is 14.6. The number of primary amides is 1. The van der Waals surface area contributed by atoms with Gasteiger partial charge in [0, 0.05) is 11.8 Å². The Kier molecular flexibility index (Phi) is 4.49. The molecule has 22 heavy (non-hydrogen) atoms. The Hall–Kier alpha value is -2.78. The Balaban J connectivity index is 2.15. The summed E-state index contributed by atoms with van der Waals surface area (Å²) in [5.74, 6) is -0.254. The van der Waals surface area contributed by atoms with Crippen LogP contribution >= 0.6 is 0 Å². The van der Waals surface area contributed by atoms with Gasteiger partial charge in [0.2, 0.25) is 5.91 Å². The van der Waals surface area contributed by atoms with Crippen molar-refractivity contribution < 1.29 is 17.8 Å². The van der Waals surface area contributed by atoms with E-state index in [1.807, 2.05) is 0 Å². The van der Waals surface area contributed by atoms with Gasteiger partial charge >= 0.3 is 0 Å². The summed E-state index contributed by atoms with van der Waals surface area (Å²) in [7, 11) is -4.33. The molecule has 0 aliphatic rings. The van der Waals surface area contributed by atoms with E-state index in [9.17, 15) is 13.2 Å². The van der Waals surface area contributed by atoms with Crippen LogP contribution in [0.5, 0.6) is 0 Å². The Labute approximate surface area is 126 Å². The highest BCUT2D eigenvalue weighted by Crippen LogP contribution is 2.13. The molecule has 4 N–H and O–H groups in total. The molecule has 0 unspecified atom stereocenters. The van der Waals surface area contributed by atoms with Crippen molar-refractivity contribution in [2.75, 3.05) is 5.43 Å². The van der Waals surface area contributed by atoms with Crippen LogP contribution in [-0.2, 0) is 10.1 Å². The van der Waals surface area contributed by atoms with E-state index in [0.717, 1.165) is 0 Å². The smallest absolute Gasteiger partial charge is 0.295 e. The summed E-state index contributed by atoms with van der Waals surface area (Å²) in [5, 5.41) is 3.83. The molecule has 0 aliphatic carbocycles. The maximum atomic E-state index is 11.2. The zero-order valence-electron chi connectivity index (χ0n) is 11.2. The number of nitrogens with zero attached hydrogens (tertiary/aromatic N) is 2. The lowest BCUT2D eigenvalue weighted by Crippen LogP contribution is -2.11. The van der Waals surface area contributed by atoms with Crippen molar-refractivity contribution in [3.63, 3.8) is 0 Å². The number of anilines is 1. The lowest BCUT2D eigenvalue weighted by atomic mass is 10.2. The number of hydrazone groups is 1. The van der Waals surface area contributed by atoms with Gasteiger partial charge < -0.3 is 5.73 Å². The molecule has 0 saturated carbocycles. The number of aromatic nitrogens is 1. The van der Waals surface area contributed by atoms with Crippen LogP contribution in [-0.4, -0.2) is 30.1 Å². The van der Waals surface area contributed by atoms with E-state index < -0.39 is 16.0 Å². The van der Waals surface area contributed by atoms with Gasteiger partial charge in [-0.05, 0) is 18.2 Å². The van der Waals surface area contributed by atoms with E-state index in [4.69, 9.17) is 10.3 Å². The number of carbonyl (C=O) groups is 1. The molecule has 0 radical (unpaired) electrons. The third-order valence-corrected chi connectivity index (χ3v) is 3.56. The molecule has 0 fully saturated rings. The minimum atomic E-state index is -4.33. The third kappa shape index (κ3) is 3.87. The quantitative estimate of drug-likeness (QED) is 0.425. The highest BCUT2D eigenvalue weighted by atomic mass is 32.2. The lowest BCUT2D eigenvalue weighted by Gasteiger charge is -2.02. The van der Waals surface area contributed by atoms with E-state index in [1.165, 1.54) is 42.7 Å². The molecule has 114 valence electrons. The number of amides is 1. The summed E-state index contributed by atoms with van der Waals surface area (Å²) in [6.07, 6.45) is 2.51. The van der Waals surface area contributed by atoms with Gasteiger partial charge in [-0.25, -0.2) is 4.98 Å². The Morgan fingerprint density at radius 3 is 2.59 bits per heavy atom. The predicted molar refractivity (Wildman–Crippen MR) is 80.2 cm³/mol. The first-order valence-electron chi connectivity index (χ1n) is 5.99. The minimum absolute atomic E-state index is 0.214. The fraction of sp³-hybridized carbons (Fsp3) is 0. The van der Waals surface area contributed by atoms with Gasteiger partial charge in [0.25, 0.3) is 10.1 Å². The van der Waals surface area contributed by atoms with Crippen LogP contribution < -0.4 is 11.2 Å². The van der Waals surface area contributed by atoms with Gasteiger partial charge in [-0.1, -0.05) is 18.2 Å². The van der Waals surface area contributed by atoms with Crippen LogP contribution in [0.3, 0.4) is 0 Å². The van der Waals surface area contributed by atoms with Crippen LogP contribution in [0.15, 0.2) is 52.6 Å². The Bertz CT molecular complexity index is 816. The summed E-state index contributed by atoms with van der Waals surface area (Å²) in [6.45, 7) is 0. The van der Waals surface area contributed by atoms with Crippen molar-refractivity contribution in [3.8, 4) is 0 Å². The van der Waals surface area contributed by atoms with E-state index in [0.29, 0.717) is 5.82 Å². The van der Waals surface area contributed by atoms with Crippen LogP contribution in [0, 0.1) is 0 Å². The van der Waals surface area contributed by atoms with Gasteiger partial charge in [0.1, 0.15) is 10.7 Å². The second-order valence-electron chi connectivity index (χ2n) is 4.18. The molecule has 0 bridgehead atoms. The molecule has 8 nitrogen and oxygen atoms in total. The second-order valence-corrected chi connectivity index (χ2v) is 5.57. The lowest BCUT2D eigenvalue weighted by molar-refractivity contribution is 0.1000. The van der Waals surface area contributed by atoms with Crippen molar-refractivity contribution in [1.82, 2.24) is 4.98 Å². The molecule has 2 rings (SSSR count). The van der Waals surface area contributed by atoms with Crippen molar-refractivity contribution in [3.05, 3.63) is 53.7 Å². The normalized spacial score (nSPS) is 11.5. The molecule has 1 aromatic carbocycles. The maximum Gasteiger partial charge on any atom is 0.295 e. The summed E-state index contributed by atoms with van der Waals surface area (Å²) < 4.78 is 31.5. The number of benzene rings is 1. The SMILES string of the molecule is NC(=O)c1ccc(NN=Cc2ccccc2S(=O)(=O)O)nc1. The third-order valence-electron chi connectivity index (χ3n) is 2.63. The highest BCUT2D eigenvalue weighted by Gasteiger charge is 2.12. The first-order chi connectivity index (χ1) is 10.4. The minimum Gasteiger partial charge on any atom is -0.366 e. The summed E-state index contributed by atoms with van der Waals surface area (Å²) >= 11 is 0. The van der Waals surface area contributed by atoms with E-state index in [2.05, 4.69) is 15.5 Å². The molecular weight excluding hydrogens is 308 g/mol.